The van der Waals surface area contributed by atoms with Crippen LogP contribution in [0.3, 0.4) is 0 Å². The fourth-order valence-corrected chi connectivity index (χ4v) is 3.83. The summed E-state index contributed by atoms with van der Waals surface area (Å²) >= 11 is 0. The lowest BCUT2D eigenvalue weighted by molar-refractivity contribution is -0.134. The van der Waals surface area contributed by atoms with Crippen LogP contribution >= 0.6 is 0 Å². The summed E-state index contributed by atoms with van der Waals surface area (Å²) in [6.45, 7) is 2.51. The van der Waals surface area contributed by atoms with Crippen molar-refractivity contribution >= 4 is 17.6 Å². The normalized spacial score (nSPS) is 18.3. The molecule has 0 radical (unpaired) electrons. The fourth-order valence-electron chi connectivity index (χ4n) is 3.83. The van der Waals surface area contributed by atoms with Gasteiger partial charge in [0.25, 0.3) is 0 Å². The number of carboxylic acid groups (broad SMARTS) is 1. The fraction of sp³-hybridized carbons (Fsp3) is 0.333. The van der Waals surface area contributed by atoms with Gasteiger partial charge in [-0.1, -0.05) is 18.2 Å². The first kappa shape index (κ1) is 17.5. The van der Waals surface area contributed by atoms with Crippen molar-refractivity contribution in [3.63, 3.8) is 0 Å². The summed E-state index contributed by atoms with van der Waals surface area (Å²) in [4.78, 5) is 28.2. The van der Waals surface area contributed by atoms with Gasteiger partial charge >= 0.3 is 5.97 Å². The number of piperazine rings is 1. The van der Waals surface area contributed by atoms with Crippen LogP contribution in [-0.2, 0) is 10.2 Å². The molecule has 0 atom stereocenters. The third-order valence-corrected chi connectivity index (χ3v) is 5.58. The van der Waals surface area contributed by atoms with Crippen LogP contribution in [0.5, 0.6) is 0 Å². The van der Waals surface area contributed by atoms with Gasteiger partial charge in [-0.2, -0.15) is 0 Å². The third-order valence-electron chi connectivity index (χ3n) is 5.58. The van der Waals surface area contributed by atoms with E-state index in [0.29, 0.717) is 26.2 Å². The van der Waals surface area contributed by atoms with Gasteiger partial charge in [-0.25, -0.2) is 9.18 Å². The zero-order valence-corrected chi connectivity index (χ0v) is 14.9. The second kappa shape index (κ2) is 6.68. The smallest absolute Gasteiger partial charge is 0.335 e. The maximum Gasteiger partial charge on any atom is 0.335 e. The zero-order valence-electron chi connectivity index (χ0n) is 14.9. The molecule has 2 aromatic carbocycles. The second-order valence-electron chi connectivity index (χ2n) is 7.22. The Morgan fingerprint density at radius 2 is 1.63 bits per heavy atom. The number of carbonyl (C=O) groups is 2. The number of hydrogen-bond acceptors (Lipinski definition) is 3. The van der Waals surface area contributed by atoms with Crippen LogP contribution < -0.4 is 4.90 Å². The van der Waals surface area contributed by atoms with E-state index in [1.54, 1.807) is 30.3 Å². The van der Waals surface area contributed by atoms with Crippen molar-refractivity contribution in [1.29, 1.82) is 0 Å². The van der Waals surface area contributed by atoms with E-state index in [0.717, 1.165) is 24.1 Å². The summed E-state index contributed by atoms with van der Waals surface area (Å²) in [7, 11) is 0. The van der Waals surface area contributed by atoms with Gasteiger partial charge in [0.2, 0.25) is 5.91 Å². The molecular weight excluding hydrogens is 347 g/mol. The minimum Gasteiger partial charge on any atom is -0.478 e. The van der Waals surface area contributed by atoms with E-state index in [2.05, 4.69) is 4.90 Å². The van der Waals surface area contributed by atoms with Crippen LogP contribution in [0.25, 0.3) is 0 Å². The Morgan fingerprint density at radius 3 is 2.22 bits per heavy atom. The topological polar surface area (TPSA) is 60.9 Å². The molecule has 5 nitrogen and oxygen atoms in total. The van der Waals surface area contributed by atoms with Gasteiger partial charge in [0.15, 0.2) is 0 Å². The molecule has 1 saturated heterocycles. The molecule has 4 rings (SSSR count). The third kappa shape index (κ3) is 3.27. The number of benzene rings is 2. The van der Waals surface area contributed by atoms with Crippen molar-refractivity contribution in [3.8, 4) is 0 Å². The Balaban J connectivity index is 1.43. The number of aromatic carboxylic acids is 1. The van der Waals surface area contributed by atoms with E-state index in [9.17, 15) is 14.0 Å². The molecule has 0 spiro atoms. The molecule has 2 aliphatic rings. The highest BCUT2D eigenvalue weighted by molar-refractivity contribution is 5.91. The molecule has 0 unspecified atom stereocenters. The summed E-state index contributed by atoms with van der Waals surface area (Å²) in [6.07, 6.45) is 1.61. The molecule has 140 valence electrons. The summed E-state index contributed by atoms with van der Waals surface area (Å²) in [5, 5.41) is 9.15. The summed E-state index contributed by atoms with van der Waals surface area (Å²) < 4.78 is 13.2. The van der Waals surface area contributed by atoms with Gasteiger partial charge < -0.3 is 14.9 Å². The van der Waals surface area contributed by atoms with Crippen molar-refractivity contribution in [2.45, 2.75) is 18.3 Å². The lowest BCUT2D eigenvalue weighted by Gasteiger charge is -2.38. The maximum atomic E-state index is 13.2. The van der Waals surface area contributed by atoms with Gasteiger partial charge in [-0.3, -0.25) is 4.79 Å². The van der Waals surface area contributed by atoms with Gasteiger partial charge in [-0.05, 0) is 48.7 Å². The highest BCUT2D eigenvalue weighted by Crippen LogP contribution is 2.49. The Labute approximate surface area is 157 Å². The monoisotopic (exact) mass is 368 g/mol. The van der Waals surface area contributed by atoms with E-state index in [-0.39, 0.29) is 17.3 Å². The van der Waals surface area contributed by atoms with Crippen molar-refractivity contribution in [3.05, 3.63) is 65.5 Å². The van der Waals surface area contributed by atoms with E-state index >= 15 is 0 Å². The number of carboxylic acids is 1. The van der Waals surface area contributed by atoms with Crippen molar-refractivity contribution in [2.75, 3.05) is 31.1 Å². The van der Waals surface area contributed by atoms with Gasteiger partial charge in [0.05, 0.1) is 11.0 Å². The molecule has 6 heteroatoms. The van der Waals surface area contributed by atoms with E-state index in [1.165, 1.54) is 12.1 Å². The Kier molecular flexibility index (Phi) is 4.34. The Morgan fingerprint density at radius 1 is 0.963 bits per heavy atom. The minimum atomic E-state index is -0.944. The molecule has 0 bridgehead atoms. The molecule has 1 aliphatic heterocycles. The number of carbonyl (C=O) groups excluding carboxylic acids is 1. The van der Waals surface area contributed by atoms with Crippen molar-refractivity contribution < 1.29 is 19.1 Å². The Hall–Kier alpha value is -2.89. The van der Waals surface area contributed by atoms with Gasteiger partial charge in [-0.15, -0.1) is 0 Å². The van der Waals surface area contributed by atoms with Gasteiger partial charge in [0.1, 0.15) is 5.82 Å². The first-order chi connectivity index (χ1) is 13.0. The van der Waals surface area contributed by atoms with E-state index in [1.807, 2.05) is 11.0 Å². The molecular formula is C21H21FN2O3. The van der Waals surface area contributed by atoms with Gasteiger partial charge in [0, 0.05) is 31.9 Å². The predicted octanol–water partition coefficient (Wildman–Crippen LogP) is 2.90. The average Bonchev–Trinajstić information content (AvgIpc) is 3.50. The molecule has 1 saturated carbocycles. The number of halogens is 1. The summed E-state index contributed by atoms with van der Waals surface area (Å²) in [5.41, 5.74) is 1.53. The van der Waals surface area contributed by atoms with Crippen LogP contribution in [0.15, 0.2) is 48.5 Å². The predicted molar refractivity (Wildman–Crippen MR) is 99.5 cm³/mol. The lowest BCUT2D eigenvalue weighted by atomic mass is 9.94. The average molecular weight is 368 g/mol. The van der Waals surface area contributed by atoms with Crippen molar-refractivity contribution in [2.24, 2.45) is 0 Å². The lowest BCUT2D eigenvalue weighted by Crippen LogP contribution is -2.51. The molecule has 1 aliphatic carbocycles. The SMILES string of the molecule is O=C(O)c1cccc(N2CCN(C(=O)C3(c4ccc(F)cc4)CC3)CC2)c1. The molecule has 1 amide bonds. The number of nitrogens with zero attached hydrogens (tertiary/aromatic N) is 2. The van der Waals surface area contributed by atoms with Crippen LogP contribution in [0.4, 0.5) is 10.1 Å². The molecule has 1 N–H and O–H groups in total. The van der Waals surface area contributed by atoms with Crippen LogP contribution in [0.2, 0.25) is 0 Å². The first-order valence-corrected chi connectivity index (χ1v) is 9.13. The summed E-state index contributed by atoms with van der Waals surface area (Å²) in [5.74, 6) is -1.12. The zero-order chi connectivity index (χ0) is 19.0. The maximum absolute atomic E-state index is 13.2. The number of anilines is 1. The minimum absolute atomic E-state index is 0.119. The number of amides is 1. The van der Waals surface area contributed by atoms with E-state index < -0.39 is 11.4 Å². The Bertz CT molecular complexity index is 869. The highest BCUT2D eigenvalue weighted by Gasteiger charge is 2.53. The largest absolute Gasteiger partial charge is 0.478 e. The highest BCUT2D eigenvalue weighted by atomic mass is 19.1. The number of hydrogen-bond donors (Lipinski definition) is 1. The summed E-state index contributed by atoms with van der Waals surface area (Å²) in [6, 6.07) is 13.1. The van der Waals surface area contributed by atoms with Crippen LogP contribution in [0.1, 0.15) is 28.8 Å². The van der Waals surface area contributed by atoms with Crippen LogP contribution in [-0.4, -0.2) is 48.1 Å². The first-order valence-electron chi connectivity index (χ1n) is 9.13. The standard InChI is InChI=1S/C21H21FN2O3/c22-17-6-4-16(5-7-17)21(8-9-21)20(27)24-12-10-23(11-13-24)18-3-1-2-15(14-18)19(25)26/h1-7,14H,8-13H2,(H,25,26). The van der Waals surface area contributed by atoms with Crippen LogP contribution in [0, 0.1) is 5.82 Å². The molecule has 27 heavy (non-hydrogen) atoms. The quantitative estimate of drug-likeness (QED) is 0.902. The number of rotatable bonds is 4. The molecule has 0 aromatic heterocycles. The van der Waals surface area contributed by atoms with Crippen molar-refractivity contribution in [1.82, 2.24) is 4.90 Å². The second-order valence-corrected chi connectivity index (χ2v) is 7.22. The molecule has 2 aromatic rings. The van der Waals surface area contributed by atoms with E-state index in [4.69, 9.17) is 5.11 Å². The molecule has 1 heterocycles. The molecule has 2 fully saturated rings.